The molecule has 1 aromatic carbocycles. The molecule has 0 amide bonds. The highest BCUT2D eigenvalue weighted by atomic mass is 79.9. The Morgan fingerprint density at radius 1 is 1.42 bits per heavy atom. The maximum absolute atomic E-state index is 5.92. The first-order valence-electron chi connectivity index (χ1n) is 6.85. The first-order chi connectivity index (χ1) is 8.96. The van der Waals surface area contributed by atoms with Crippen LogP contribution in [0.1, 0.15) is 20.8 Å². The van der Waals surface area contributed by atoms with Crippen LogP contribution in [-0.2, 0) is 4.74 Å². The summed E-state index contributed by atoms with van der Waals surface area (Å²) in [7, 11) is 0. The molecule has 0 aromatic heterocycles. The second-order valence-electron chi connectivity index (χ2n) is 5.83. The second kappa shape index (κ2) is 6.25. The van der Waals surface area contributed by atoms with Gasteiger partial charge >= 0.3 is 0 Å². The molecule has 0 saturated carbocycles. The summed E-state index contributed by atoms with van der Waals surface area (Å²) in [6.07, 6.45) is 0.312. The fourth-order valence-corrected chi connectivity index (χ4v) is 3.13. The number of para-hydroxylation sites is 1. The van der Waals surface area contributed by atoms with Crippen molar-refractivity contribution in [3.63, 3.8) is 0 Å². The van der Waals surface area contributed by atoms with E-state index in [1.54, 1.807) is 0 Å². The van der Waals surface area contributed by atoms with Crippen molar-refractivity contribution in [2.24, 2.45) is 0 Å². The van der Waals surface area contributed by atoms with Gasteiger partial charge in [-0.15, -0.1) is 0 Å². The number of ether oxygens (including phenoxy) is 1. The van der Waals surface area contributed by atoms with Crippen LogP contribution < -0.4 is 5.32 Å². The molecule has 0 bridgehead atoms. The van der Waals surface area contributed by atoms with Crippen molar-refractivity contribution in [1.82, 2.24) is 4.90 Å². The maximum atomic E-state index is 5.92. The van der Waals surface area contributed by atoms with Crippen molar-refractivity contribution in [2.75, 3.05) is 31.5 Å². The van der Waals surface area contributed by atoms with Gasteiger partial charge in [-0.1, -0.05) is 12.1 Å². The van der Waals surface area contributed by atoms with Gasteiger partial charge in [0.15, 0.2) is 0 Å². The molecule has 3 nitrogen and oxygen atoms in total. The average molecular weight is 327 g/mol. The van der Waals surface area contributed by atoms with Gasteiger partial charge in [0.25, 0.3) is 0 Å². The molecule has 0 spiro atoms. The lowest BCUT2D eigenvalue weighted by molar-refractivity contribution is -0.127. The normalized spacial score (nSPS) is 23.3. The molecule has 0 aliphatic carbocycles. The lowest BCUT2D eigenvalue weighted by atomic mass is 10.1. The highest BCUT2D eigenvalue weighted by Gasteiger charge is 2.30. The summed E-state index contributed by atoms with van der Waals surface area (Å²) < 4.78 is 7.03. The molecule has 1 saturated heterocycles. The van der Waals surface area contributed by atoms with E-state index < -0.39 is 0 Å². The molecule has 1 aromatic rings. The first kappa shape index (κ1) is 14.8. The Bertz CT molecular complexity index is 422. The molecule has 106 valence electrons. The maximum Gasteiger partial charge on any atom is 0.0757 e. The van der Waals surface area contributed by atoms with Crippen molar-refractivity contribution >= 4 is 21.6 Å². The van der Waals surface area contributed by atoms with Gasteiger partial charge in [0.05, 0.1) is 11.7 Å². The summed E-state index contributed by atoms with van der Waals surface area (Å²) in [6, 6.07) is 8.23. The van der Waals surface area contributed by atoms with E-state index in [4.69, 9.17) is 4.74 Å². The van der Waals surface area contributed by atoms with Gasteiger partial charge in [0.2, 0.25) is 0 Å². The summed E-state index contributed by atoms with van der Waals surface area (Å²) in [5.74, 6) is 0. The molecule has 2 rings (SSSR count). The molecular weight excluding hydrogens is 304 g/mol. The second-order valence-corrected chi connectivity index (χ2v) is 6.68. The third kappa shape index (κ3) is 4.48. The van der Waals surface area contributed by atoms with Crippen LogP contribution in [0.5, 0.6) is 0 Å². The zero-order valence-corrected chi connectivity index (χ0v) is 13.5. The standard InChI is InChI=1S/C15H23BrN2O/c1-12-10-18(11-15(2,3)19-12)9-8-17-14-7-5-4-6-13(14)16/h4-7,12,17H,8-11H2,1-3H3. The van der Waals surface area contributed by atoms with E-state index in [-0.39, 0.29) is 5.60 Å². The van der Waals surface area contributed by atoms with E-state index >= 15 is 0 Å². The van der Waals surface area contributed by atoms with Gasteiger partial charge in [-0.2, -0.15) is 0 Å². The lowest BCUT2D eigenvalue weighted by Crippen LogP contribution is -2.52. The Kier molecular flexibility index (Phi) is 4.87. The number of anilines is 1. The number of morpholine rings is 1. The molecule has 1 fully saturated rings. The van der Waals surface area contributed by atoms with E-state index in [2.05, 4.69) is 59.1 Å². The number of rotatable bonds is 4. The number of nitrogens with one attached hydrogen (secondary N) is 1. The Labute approximate surface area is 124 Å². The summed E-state index contributed by atoms with van der Waals surface area (Å²) >= 11 is 3.55. The van der Waals surface area contributed by atoms with Gasteiger partial charge in [-0.25, -0.2) is 0 Å². The van der Waals surface area contributed by atoms with Crippen LogP contribution in [0.15, 0.2) is 28.7 Å². The van der Waals surface area contributed by atoms with Crippen LogP contribution in [0.25, 0.3) is 0 Å². The van der Waals surface area contributed by atoms with Crippen molar-refractivity contribution in [3.05, 3.63) is 28.7 Å². The summed E-state index contributed by atoms with van der Waals surface area (Å²) in [6.45, 7) is 10.5. The van der Waals surface area contributed by atoms with Crippen molar-refractivity contribution < 1.29 is 4.74 Å². The monoisotopic (exact) mass is 326 g/mol. The fourth-order valence-electron chi connectivity index (χ4n) is 2.71. The predicted molar refractivity (Wildman–Crippen MR) is 83.7 cm³/mol. The third-order valence-electron chi connectivity index (χ3n) is 3.26. The largest absolute Gasteiger partial charge is 0.383 e. The van der Waals surface area contributed by atoms with Gasteiger partial charge in [-0.05, 0) is 48.8 Å². The van der Waals surface area contributed by atoms with Crippen LogP contribution in [0.2, 0.25) is 0 Å². The molecule has 4 heteroatoms. The number of halogens is 1. The van der Waals surface area contributed by atoms with Crippen LogP contribution >= 0.6 is 15.9 Å². The van der Waals surface area contributed by atoms with Crippen molar-refractivity contribution in [2.45, 2.75) is 32.5 Å². The minimum absolute atomic E-state index is 0.0367. The number of hydrogen-bond acceptors (Lipinski definition) is 3. The molecular formula is C15H23BrN2O. The minimum Gasteiger partial charge on any atom is -0.383 e. The molecule has 19 heavy (non-hydrogen) atoms. The Balaban J connectivity index is 1.81. The first-order valence-corrected chi connectivity index (χ1v) is 7.64. The van der Waals surface area contributed by atoms with E-state index in [1.807, 2.05) is 12.1 Å². The van der Waals surface area contributed by atoms with Crippen LogP contribution in [0, 0.1) is 0 Å². The molecule has 1 atom stereocenters. The predicted octanol–water partition coefficient (Wildman–Crippen LogP) is 3.36. The fraction of sp³-hybridized carbons (Fsp3) is 0.600. The van der Waals surface area contributed by atoms with Gasteiger partial charge < -0.3 is 10.1 Å². The Morgan fingerprint density at radius 3 is 2.84 bits per heavy atom. The Hall–Kier alpha value is -0.580. The van der Waals surface area contributed by atoms with Gasteiger partial charge in [0.1, 0.15) is 0 Å². The molecule has 0 radical (unpaired) electrons. The molecule has 1 heterocycles. The molecule has 1 unspecified atom stereocenters. The Morgan fingerprint density at radius 2 is 2.16 bits per heavy atom. The number of nitrogens with zero attached hydrogens (tertiary/aromatic N) is 1. The zero-order valence-electron chi connectivity index (χ0n) is 11.9. The average Bonchev–Trinajstić information content (AvgIpc) is 2.29. The summed E-state index contributed by atoms with van der Waals surface area (Å²) in [5, 5.41) is 3.47. The SMILES string of the molecule is CC1CN(CCNc2ccccc2Br)CC(C)(C)O1. The molecule has 1 aliphatic rings. The third-order valence-corrected chi connectivity index (χ3v) is 3.95. The van der Waals surface area contributed by atoms with Crippen molar-refractivity contribution in [3.8, 4) is 0 Å². The van der Waals surface area contributed by atoms with Gasteiger partial charge in [-0.3, -0.25) is 4.90 Å². The zero-order chi connectivity index (χ0) is 13.9. The summed E-state index contributed by atoms with van der Waals surface area (Å²) in [4.78, 5) is 2.47. The quantitative estimate of drug-likeness (QED) is 0.918. The van der Waals surface area contributed by atoms with Gasteiger partial charge in [0, 0.05) is 36.3 Å². The number of benzene rings is 1. The van der Waals surface area contributed by atoms with Crippen LogP contribution in [0.4, 0.5) is 5.69 Å². The van der Waals surface area contributed by atoms with Crippen LogP contribution in [-0.4, -0.2) is 42.8 Å². The van der Waals surface area contributed by atoms with E-state index in [0.717, 1.165) is 36.3 Å². The van der Waals surface area contributed by atoms with Crippen molar-refractivity contribution in [1.29, 1.82) is 0 Å². The molecule has 1 aliphatic heterocycles. The van der Waals surface area contributed by atoms with E-state index in [9.17, 15) is 0 Å². The van der Waals surface area contributed by atoms with E-state index in [1.165, 1.54) is 0 Å². The lowest BCUT2D eigenvalue weighted by Gasteiger charge is -2.41. The smallest absolute Gasteiger partial charge is 0.0757 e. The topological polar surface area (TPSA) is 24.5 Å². The molecule has 1 N–H and O–H groups in total. The van der Waals surface area contributed by atoms with Crippen LogP contribution in [0.3, 0.4) is 0 Å². The summed E-state index contributed by atoms with van der Waals surface area (Å²) in [5.41, 5.74) is 1.12. The number of hydrogen-bond donors (Lipinski definition) is 1. The minimum atomic E-state index is -0.0367. The highest BCUT2D eigenvalue weighted by molar-refractivity contribution is 9.10. The van der Waals surface area contributed by atoms with E-state index in [0.29, 0.717) is 6.10 Å². The highest BCUT2D eigenvalue weighted by Crippen LogP contribution is 2.22.